The van der Waals surface area contributed by atoms with Gasteiger partial charge in [0, 0.05) is 56.4 Å². The predicted octanol–water partition coefficient (Wildman–Crippen LogP) is 2.99. The highest BCUT2D eigenvalue weighted by Crippen LogP contribution is 2.29. The molecule has 0 aliphatic carbocycles. The van der Waals surface area contributed by atoms with E-state index in [1.165, 1.54) is 18.5 Å². The highest BCUT2D eigenvalue weighted by atomic mass is 16.2. The van der Waals surface area contributed by atoms with Gasteiger partial charge in [-0.05, 0) is 60.7 Å². The zero-order valence-electron chi connectivity index (χ0n) is 16.9. The van der Waals surface area contributed by atoms with Gasteiger partial charge in [0.1, 0.15) is 0 Å². The molecule has 3 heterocycles. The van der Waals surface area contributed by atoms with E-state index in [0.29, 0.717) is 13.1 Å². The van der Waals surface area contributed by atoms with Crippen molar-refractivity contribution >= 4 is 23.2 Å². The largest absolute Gasteiger partial charge is 0.372 e. The Morgan fingerprint density at radius 2 is 1.72 bits per heavy atom. The molecule has 6 nitrogen and oxygen atoms in total. The van der Waals surface area contributed by atoms with Gasteiger partial charge >= 0.3 is 0 Å². The number of pyridine rings is 1. The summed E-state index contributed by atoms with van der Waals surface area (Å²) in [5.74, 6) is 0.423. The molecule has 2 aliphatic heterocycles. The number of carbonyl (C=O) groups excluding carboxylic acids is 2. The summed E-state index contributed by atoms with van der Waals surface area (Å²) in [6, 6.07) is 11.9. The van der Waals surface area contributed by atoms with E-state index in [1.807, 2.05) is 24.3 Å². The minimum Gasteiger partial charge on any atom is -0.372 e. The van der Waals surface area contributed by atoms with Gasteiger partial charge in [-0.25, -0.2) is 0 Å². The summed E-state index contributed by atoms with van der Waals surface area (Å²) < 4.78 is 0. The molecule has 2 saturated heterocycles. The molecule has 4 rings (SSSR count). The lowest BCUT2D eigenvalue weighted by Crippen LogP contribution is -2.33. The van der Waals surface area contributed by atoms with Gasteiger partial charge in [0.05, 0.1) is 5.92 Å². The standard InChI is InChI=1S/C23H28N4O2/c1-17-8-12-26(13-9-17)20-2-4-21(5-3-20)27-16-19(14-22(27)28)23(29)25-15-18-6-10-24-11-7-18/h2-7,10-11,17,19H,8-9,12-16H2,1H3,(H,25,29). The van der Waals surface area contributed by atoms with Gasteiger partial charge in [0.2, 0.25) is 11.8 Å². The summed E-state index contributed by atoms with van der Waals surface area (Å²) >= 11 is 0. The number of piperidine rings is 1. The maximum absolute atomic E-state index is 12.5. The molecule has 1 atom stereocenters. The maximum Gasteiger partial charge on any atom is 0.227 e. The van der Waals surface area contributed by atoms with E-state index >= 15 is 0 Å². The van der Waals surface area contributed by atoms with E-state index in [0.717, 1.165) is 30.3 Å². The third-order valence-electron chi connectivity index (χ3n) is 6.02. The van der Waals surface area contributed by atoms with Crippen molar-refractivity contribution in [1.29, 1.82) is 0 Å². The monoisotopic (exact) mass is 392 g/mol. The number of rotatable bonds is 5. The van der Waals surface area contributed by atoms with Gasteiger partial charge in [0.25, 0.3) is 0 Å². The van der Waals surface area contributed by atoms with Crippen LogP contribution >= 0.6 is 0 Å². The normalized spacial score (nSPS) is 20.2. The van der Waals surface area contributed by atoms with Crippen LogP contribution in [0.15, 0.2) is 48.8 Å². The van der Waals surface area contributed by atoms with Crippen LogP contribution in [0.25, 0.3) is 0 Å². The second-order valence-electron chi connectivity index (χ2n) is 8.16. The fourth-order valence-corrected chi connectivity index (χ4v) is 4.08. The molecule has 152 valence electrons. The first-order chi connectivity index (χ1) is 14.1. The van der Waals surface area contributed by atoms with Crippen molar-refractivity contribution in [2.75, 3.05) is 29.4 Å². The Morgan fingerprint density at radius 3 is 2.41 bits per heavy atom. The molecule has 2 fully saturated rings. The molecule has 1 unspecified atom stereocenters. The number of hydrogen-bond donors (Lipinski definition) is 1. The summed E-state index contributed by atoms with van der Waals surface area (Å²) in [6.07, 6.45) is 6.12. The second kappa shape index (κ2) is 8.64. The highest BCUT2D eigenvalue weighted by Gasteiger charge is 2.35. The smallest absolute Gasteiger partial charge is 0.227 e. The first-order valence-electron chi connectivity index (χ1n) is 10.4. The third-order valence-corrected chi connectivity index (χ3v) is 6.02. The topological polar surface area (TPSA) is 65.5 Å². The molecule has 0 saturated carbocycles. The minimum absolute atomic E-state index is 0.00797. The number of hydrogen-bond acceptors (Lipinski definition) is 4. The Kier molecular flexibility index (Phi) is 5.79. The van der Waals surface area contributed by atoms with Crippen molar-refractivity contribution in [3.05, 3.63) is 54.4 Å². The summed E-state index contributed by atoms with van der Waals surface area (Å²) in [5, 5.41) is 2.94. The van der Waals surface area contributed by atoms with Crippen LogP contribution in [-0.4, -0.2) is 36.4 Å². The Hall–Kier alpha value is -2.89. The van der Waals surface area contributed by atoms with Crippen LogP contribution in [0.1, 0.15) is 31.7 Å². The molecular formula is C23H28N4O2. The number of amides is 2. The molecule has 1 aromatic carbocycles. The van der Waals surface area contributed by atoms with Crippen LogP contribution in [0.5, 0.6) is 0 Å². The van der Waals surface area contributed by atoms with Gasteiger partial charge in [-0.1, -0.05) is 6.92 Å². The van der Waals surface area contributed by atoms with Crippen LogP contribution in [0, 0.1) is 11.8 Å². The van der Waals surface area contributed by atoms with Gasteiger partial charge in [-0.2, -0.15) is 0 Å². The number of anilines is 2. The molecule has 0 radical (unpaired) electrons. The van der Waals surface area contributed by atoms with E-state index in [2.05, 4.69) is 34.3 Å². The fourth-order valence-electron chi connectivity index (χ4n) is 4.08. The van der Waals surface area contributed by atoms with Crippen LogP contribution in [0.4, 0.5) is 11.4 Å². The minimum atomic E-state index is -0.312. The first-order valence-corrected chi connectivity index (χ1v) is 10.4. The van der Waals surface area contributed by atoms with E-state index < -0.39 is 0 Å². The van der Waals surface area contributed by atoms with E-state index in [9.17, 15) is 9.59 Å². The van der Waals surface area contributed by atoms with E-state index in [-0.39, 0.29) is 24.2 Å². The zero-order chi connectivity index (χ0) is 20.2. The number of carbonyl (C=O) groups is 2. The molecular weight excluding hydrogens is 364 g/mol. The number of nitrogens with zero attached hydrogens (tertiary/aromatic N) is 3. The second-order valence-corrected chi connectivity index (χ2v) is 8.16. The lowest BCUT2D eigenvalue weighted by molar-refractivity contribution is -0.126. The van der Waals surface area contributed by atoms with Crippen molar-refractivity contribution in [3.63, 3.8) is 0 Å². The molecule has 6 heteroatoms. The molecule has 1 aromatic heterocycles. The van der Waals surface area contributed by atoms with Crippen molar-refractivity contribution in [1.82, 2.24) is 10.3 Å². The zero-order valence-corrected chi connectivity index (χ0v) is 16.9. The van der Waals surface area contributed by atoms with Crippen molar-refractivity contribution in [2.24, 2.45) is 11.8 Å². The maximum atomic E-state index is 12.5. The van der Waals surface area contributed by atoms with Gasteiger partial charge in [-0.15, -0.1) is 0 Å². The molecule has 1 N–H and O–H groups in total. The van der Waals surface area contributed by atoms with Crippen LogP contribution in [0.3, 0.4) is 0 Å². The Labute approximate surface area is 171 Å². The molecule has 29 heavy (non-hydrogen) atoms. The van der Waals surface area contributed by atoms with Gasteiger partial charge in [-0.3, -0.25) is 14.6 Å². The molecule has 2 aliphatic rings. The summed E-state index contributed by atoms with van der Waals surface area (Å²) in [5.41, 5.74) is 3.07. The number of aromatic nitrogens is 1. The van der Waals surface area contributed by atoms with Crippen molar-refractivity contribution < 1.29 is 9.59 Å². The van der Waals surface area contributed by atoms with Gasteiger partial charge in [0.15, 0.2) is 0 Å². The SMILES string of the molecule is CC1CCN(c2ccc(N3CC(C(=O)NCc4ccncc4)CC3=O)cc2)CC1. The average molecular weight is 393 g/mol. The lowest BCUT2D eigenvalue weighted by atomic mass is 9.99. The predicted molar refractivity (Wildman–Crippen MR) is 114 cm³/mol. The summed E-state index contributed by atoms with van der Waals surface area (Å²) in [4.78, 5) is 33.1. The first kappa shape index (κ1) is 19.4. The Balaban J connectivity index is 1.34. The highest BCUT2D eigenvalue weighted by molar-refractivity contribution is 6.00. The molecule has 2 aromatic rings. The van der Waals surface area contributed by atoms with Crippen LogP contribution in [0.2, 0.25) is 0 Å². The average Bonchev–Trinajstić information content (AvgIpc) is 3.15. The van der Waals surface area contributed by atoms with Crippen LogP contribution in [-0.2, 0) is 16.1 Å². The Morgan fingerprint density at radius 1 is 1.07 bits per heavy atom. The number of nitrogens with one attached hydrogen (secondary N) is 1. The third kappa shape index (κ3) is 4.58. The van der Waals surface area contributed by atoms with Crippen molar-refractivity contribution in [2.45, 2.75) is 32.7 Å². The summed E-state index contributed by atoms with van der Waals surface area (Å²) in [6.45, 7) is 5.37. The van der Waals surface area contributed by atoms with E-state index in [1.54, 1.807) is 17.3 Å². The molecule has 2 amide bonds. The van der Waals surface area contributed by atoms with E-state index in [4.69, 9.17) is 0 Å². The lowest BCUT2D eigenvalue weighted by Gasteiger charge is -2.32. The summed E-state index contributed by atoms with van der Waals surface area (Å²) in [7, 11) is 0. The molecule has 0 spiro atoms. The van der Waals surface area contributed by atoms with Gasteiger partial charge < -0.3 is 15.1 Å². The quantitative estimate of drug-likeness (QED) is 0.850. The number of benzene rings is 1. The van der Waals surface area contributed by atoms with Crippen LogP contribution < -0.4 is 15.1 Å². The van der Waals surface area contributed by atoms with Crippen molar-refractivity contribution in [3.8, 4) is 0 Å². The fraction of sp³-hybridized carbons (Fsp3) is 0.435. The molecule has 0 bridgehead atoms. The Bertz CT molecular complexity index is 845.